The number of aromatic nitrogens is 2. The van der Waals surface area contributed by atoms with Crippen molar-refractivity contribution in [2.24, 2.45) is 0 Å². The van der Waals surface area contributed by atoms with Crippen LogP contribution < -0.4 is 5.32 Å². The molecule has 5 nitrogen and oxygen atoms in total. The topological polar surface area (TPSA) is 49.6 Å². The van der Waals surface area contributed by atoms with Crippen LogP contribution >= 0.6 is 0 Å². The lowest BCUT2D eigenvalue weighted by molar-refractivity contribution is 0.0947. The van der Waals surface area contributed by atoms with E-state index < -0.39 is 0 Å². The van der Waals surface area contributed by atoms with Crippen LogP contribution in [0.2, 0.25) is 0 Å². The van der Waals surface area contributed by atoms with Gasteiger partial charge in [0.15, 0.2) is 5.69 Å². The van der Waals surface area contributed by atoms with Crippen molar-refractivity contribution in [1.82, 2.24) is 19.6 Å². The van der Waals surface area contributed by atoms with Gasteiger partial charge in [-0.2, -0.15) is 0 Å². The summed E-state index contributed by atoms with van der Waals surface area (Å²) in [5.74, 6) is 0.406. The van der Waals surface area contributed by atoms with Crippen molar-refractivity contribution in [1.29, 1.82) is 0 Å². The van der Waals surface area contributed by atoms with Crippen molar-refractivity contribution < 1.29 is 9.18 Å². The van der Waals surface area contributed by atoms with E-state index in [1.807, 2.05) is 28.8 Å². The van der Waals surface area contributed by atoms with Crippen LogP contribution in [0, 0.1) is 5.82 Å². The number of fused-ring (bicyclic) bond motifs is 1. The number of halogens is 1. The zero-order chi connectivity index (χ0) is 18.1. The molecule has 1 aromatic carbocycles. The van der Waals surface area contributed by atoms with Crippen LogP contribution in [0.3, 0.4) is 0 Å². The molecule has 0 unspecified atom stereocenters. The highest BCUT2D eigenvalue weighted by atomic mass is 19.1. The highest BCUT2D eigenvalue weighted by Crippen LogP contribution is 2.31. The first-order valence-electron chi connectivity index (χ1n) is 8.83. The van der Waals surface area contributed by atoms with Gasteiger partial charge < -0.3 is 9.72 Å². The maximum atomic E-state index is 13.0. The Hall–Kier alpha value is -2.73. The minimum atomic E-state index is -0.287. The molecule has 6 heteroatoms. The van der Waals surface area contributed by atoms with E-state index in [1.165, 1.54) is 12.1 Å². The molecule has 3 aromatic rings. The molecular weight excluding hydrogens is 331 g/mol. The number of likely N-dealkylation sites (tertiary alicyclic amines) is 1. The fourth-order valence-electron chi connectivity index (χ4n) is 3.57. The number of nitrogens with zero attached hydrogens (tertiary/aromatic N) is 3. The Morgan fingerprint density at radius 2 is 2.08 bits per heavy atom. The number of hydrogen-bond acceptors (Lipinski definition) is 3. The van der Waals surface area contributed by atoms with E-state index in [2.05, 4.69) is 17.3 Å². The first kappa shape index (κ1) is 16.7. The summed E-state index contributed by atoms with van der Waals surface area (Å²) >= 11 is 0. The lowest BCUT2D eigenvalue weighted by atomic mass is 10.2. The Morgan fingerprint density at radius 3 is 2.81 bits per heavy atom. The number of nitrogens with one attached hydrogen (secondary N) is 1. The molecule has 0 bridgehead atoms. The lowest BCUT2D eigenvalue weighted by Crippen LogP contribution is -2.23. The van der Waals surface area contributed by atoms with Gasteiger partial charge in [-0.3, -0.25) is 9.69 Å². The summed E-state index contributed by atoms with van der Waals surface area (Å²) < 4.78 is 15.0. The van der Waals surface area contributed by atoms with E-state index in [1.54, 1.807) is 12.1 Å². The van der Waals surface area contributed by atoms with Crippen molar-refractivity contribution in [2.45, 2.75) is 25.4 Å². The van der Waals surface area contributed by atoms with Crippen molar-refractivity contribution >= 4 is 11.4 Å². The second-order valence-electron chi connectivity index (χ2n) is 6.72. The summed E-state index contributed by atoms with van der Waals surface area (Å²) in [6, 6.07) is 12.1. The third-order valence-corrected chi connectivity index (χ3v) is 4.98. The molecule has 0 spiro atoms. The third kappa shape index (κ3) is 3.08. The molecule has 1 aliphatic rings. The molecule has 134 valence electrons. The van der Waals surface area contributed by atoms with Crippen LogP contribution in [-0.2, 0) is 6.54 Å². The number of amides is 1. The highest BCUT2D eigenvalue weighted by Gasteiger charge is 2.28. The SMILES string of the molecule is CN1CCC[C@H]1c1nc(C(=O)NCc2ccc(F)cc2)c2ccccn12. The Kier molecular flexibility index (Phi) is 4.42. The number of rotatable bonds is 4. The van der Waals surface area contributed by atoms with E-state index in [9.17, 15) is 9.18 Å². The van der Waals surface area contributed by atoms with Crippen LogP contribution in [-0.4, -0.2) is 33.8 Å². The molecule has 0 aliphatic carbocycles. The molecule has 1 atom stereocenters. The number of benzene rings is 1. The largest absolute Gasteiger partial charge is 0.347 e. The number of pyridine rings is 1. The minimum absolute atomic E-state index is 0.218. The molecular formula is C20H21FN4O. The van der Waals surface area contributed by atoms with E-state index in [4.69, 9.17) is 4.98 Å². The first-order chi connectivity index (χ1) is 12.6. The van der Waals surface area contributed by atoms with E-state index in [0.29, 0.717) is 12.2 Å². The number of carbonyl (C=O) groups is 1. The summed E-state index contributed by atoms with van der Waals surface area (Å²) in [5, 5.41) is 2.89. The molecule has 4 rings (SSSR count). The molecule has 1 amide bonds. The van der Waals surface area contributed by atoms with Gasteiger partial charge in [-0.15, -0.1) is 0 Å². The normalized spacial score (nSPS) is 17.7. The highest BCUT2D eigenvalue weighted by molar-refractivity contribution is 5.99. The second-order valence-corrected chi connectivity index (χ2v) is 6.72. The molecule has 1 aliphatic heterocycles. The lowest BCUT2D eigenvalue weighted by Gasteiger charge is -2.17. The van der Waals surface area contributed by atoms with Crippen molar-refractivity contribution in [3.05, 3.63) is 71.6 Å². The Balaban J connectivity index is 1.61. The zero-order valence-corrected chi connectivity index (χ0v) is 14.7. The molecule has 0 radical (unpaired) electrons. The predicted molar refractivity (Wildman–Crippen MR) is 97.4 cm³/mol. The summed E-state index contributed by atoms with van der Waals surface area (Å²) in [4.78, 5) is 19.7. The van der Waals surface area contributed by atoms with Crippen LogP contribution in [0.15, 0.2) is 48.7 Å². The summed E-state index contributed by atoms with van der Waals surface area (Å²) in [6.07, 6.45) is 4.14. The smallest absolute Gasteiger partial charge is 0.272 e. The van der Waals surface area contributed by atoms with Gasteiger partial charge in [0.2, 0.25) is 0 Å². The van der Waals surface area contributed by atoms with Gasteiger partial charge in [-0.1, -0.05) is 18.2 Å². The van der Waals surface area contributed by atoms with Gasteiger partial charge in [0.1, 0.15) is 11.6 Å². The first-order valence-corrected chi connectivity index (χ1v) is 8.83. The Bertz CT molecular complexity index is 935. The van der Waals surface area contributed by atoms with Gasteiger partial charge in [0, 0.05) is 12.7 Å². The summed E-state index contributed by atoms with van der Waals surface area (Å²) in [6.45, 7) is 1.38. The maximum absolute atomic E-state index is 13.0. The summed E-state index contributed by atoms with van der Waals surface area (Å²) in [7, 11) is 2.09. The number of hydrogen-bond donors (Lipinski definition) is 1. The quantitative estimate of drug-likeness (QED) is 0.785. The standard InChI is InChI=1S/C20H21FN4O/c1-24-11-4-6-17(24)19-23-18(16-5-2-3-12-25(16)19)20(26)22-13-14-7-9-15(21)10-8-14/h2-3,5,7-10,12,17H,4,6,11,13H2,1H3,(H,22,26)/t17-/m0/s1. The van der Waals surface area contributed by atoms with E-state index >= 15 is 0 Å². The monoisotopic (exact) mass is 352 g/mol. The van der Waals surface area contributed by atoms with E-state index in [0.717, 1.165) is 36.3 Å². The van der Waals surface area contributed by atoms with Crippen LogP contribution in [0.5, 0.6) is 0 Å². The van der Waals surface area contributed by atoms with Gasteiger partial charge in [-0.25, -0.2) is 9.37 Å². The average molecular weight is 352 g/mol. The maximum Gasteiger partial charge on any atom is 0.272 e. The van der Waals surface area contributed by atoms with Crippen molar-refractivity contribution in [3.8, 4) is 0 Å². The summed E-state index contributed by atoms with van der Waals surface area (Å²) in [5.41, 5.74) is 2.08. The second kappa shape index (κ2) is 6.88. The fourth-order valence-corrected chi connectivity index (χ4v) is 3.57. The molecule has 2 aromatic heterocycles. The zero-order valence-electron chi connectivity index (χ0n) is 14.7. The van der Waals surface area contributed by atoms with Crippen molar-refractivity contribution in [2.75, 3.05) is 13.6 Å². The molecule has 1 N–H and O–H groups in total. The van der Waals surface area contributed by atoms with Crippen molar-refractivity contribution in [3.63, 3.8) is 0 Å². The van der Waals surface area contributed by atoms with Gasteiger partial charge in [0.25, 0.3) is 5.91 Å². The van der Waals surface area contributed by atoms with Gasteiger partial charge in [0.05, 0.1) is 11.6 Å². The van der Waals surface area contributed by atoms with Crippen LogP contribution in [0.4, 0.5) is 4.39 Å². The molecule has 1 saturated heterocycles. The molecule has 1 fully saturated rings. The molecule has 0 saturated carbocycles. The van der Waals surface area contributed by atoms with Gasteiger partial charge in [-0.05, 0) is 56.3 Å². The fraction of sp³-hybridized carbons (Fsp3) is 0.300. The molecule has 26 heavy (non-hydrogen) atoms. The average Bonchev–Trinajstić information content (AvgIpc) is 3.24. The van der Waals surface area contributed by atoms with E-state index in [-0.39, 0.29) is 17.8 Å². The van der Waals surface area contributed by atoms with Crippen LogP contribution in [0.1, 0.15) is 40.8 Å². The predicted octanol–water partition coefficient (Wildman–Crippen LogP) is 3.17. The van der Waals surface area contributed by atoms with Gasteiger partial charge >= 0.3 is 0 Å². The Morgan fingerprint density at radius 1 is 1.27 bits per heavy atom. The Labute approximate surface area is 151 Å². The number of imidazole rings is 1. The van der Waals surface area contributed by atoms with Crippen LogP contribution in [0.25, 0.3) is 5.52 Å². The third-order valence-electron chi connectivity index (χ3n) is 4.98. The minimum Gasteiger partial charge on any atom is -0.347 e. The molecule has 3 heterocycles. The number of carbonyl (C=O) groups excluding carboxylic acids is 1.